The van der Waals surface area contributed by atoms with Crippen LogP contribution in [0.3, 0.4) is 0 Å². The number of thioether (sulfide) groups is 1. The first-order chi connectivity index (χ1) is 3.18. The first-order valence-corrected chi connectivity index (χ1v) is 3.11. The van der Waals surface area contributed by atoms with Crippen molar-refractivity contribution in [2.45, 2.75) is 0 Å². The van der Waals surface area contributed by atoms with Gasteiger partial charge in [0.05, 0.1) is 5.12 Å². The van der Waals surface area contributed by atoms with Crippen LogP contribution in [0.5, 0.6) is 0 Å². The average Bonchev–Trinajstić information content (AvgIpc) is 1.65. The number of hydrogen-bond acceptors (Lipinski definition) is 4. The number of hydrogen-bond donors (Lipinski definition) is 0. The van der Waals surface area contributed by atoms with E-state index >= 15 is 0 Å². The van der Waals surface area contributed by atoms with Crippen LogP contribution in [0.15, 0.2) is 0 Å². The van der Waals surface area contributed by atoms with Crippen molar-refractivity contribution < 1.29 is 9.59 Å². The molecule has 0 aliphatic rings. The Hall–Kier alpha value is -0.0900. The smallest absolute Gasteiger partial charge is 0.231 e. The maximum absolute atomic E-state index is 10.0. The van der Waals surface area contributed by atoms with Crippen molar-refractivity contribution in [1.82, 2.24) is 0 Å². The molecule has 0 saturated heterocycles. The largest absolute Gasteiger partial charge is 0.733 e. The highest BCUT2D eigenvalue weighted by molar-refractivity contribution is 8.17. The van der Waals surface area contributed by atoms with E-state index in [1.165, 1.54) is 6.26 Å². The SMILES string of the molecule is CSC(=O)C(=O)[S-]. The molecule has 2 nitrogen and oxygen atoms in total. The Bertz CT molecular complexity index is 99.1. The molecule has 0 atom stereocenters. The molecule has 0 radical (unpaired) electrons. The van der Waals surface area contributed by atoms with Gasteiger partial charge in [0.2, 0.25) is 5.12 Å². The van der Waals surface area contributed by atoms with Crippen LogP contribution in [-0.2, 0) is 22.2 Å². The molecule has 0 rings (SSSR count). The average molecular weight is 135 g/mol. The van der Waals surface area contributed by atoms with Crippen LogP contribution >= 0.6 is 11.8 Å². The van der Waals surface area contributed by atoms with E-state index in [0.29, 0.717) is 0 Å². The van der Waals surface area contributed by atoms with Crippen molar-refractivity contribution in [3.8, 4) is 0 Å². The zero-order valence-corrected chi connectivity index (χ0v) is 5.27. The fraction of sp³-hybridized carbons (Fsp3) is 0.333. The molecule has 0 aromatic heterocycles. The Kier molecular flexibility index (Phi) is 2.95. The third-order valence-electron chi connectivity index (χ3n) is 0.352. The monoisotopic (exact) mass is 135 g/mol. The van der Waals surface area contributed by atoms with Gasteiger partial charge < -0.3 is 17.4 Å². The minimum atomic E-state index is -0.799. The number of carbonyl (C=O) groups excluding carboxylic acids is 2. The zero-order chi connectivity index (χ0) is 5.86. The molecular weight excluding hydrogens is 132 g/mol. The molecule has 0 aromatic rings. The van der Waals surface area contributed by atoms with Crippen LogP contribution < -0.4 is 0 Å². The second-order valence-electron chi connectivity index (χ2n) is 0.779. The van der Waals surface area contributed by atoms with Crippen molar-refractivity contribution >= 4 is 34.6 Å². The predicted molar refractivity (Wildman–Crippen MR) is 30.9 cm³/mol. The maximum Gasteiger partial charge on any atom is 0.231 e. The van der Waals surface area contributed by atoms with E-state index in [1.54, 1.807) is 0 Å². The van der Waals surface area contributed by atoms with Crippen LogP contribution in [0, 0.1) is 0 Å². The highest BCUT2D eigenvalue weighted by Crippen LogP contribution is 1.92. The minimum absolute atomic E-state index is 0.560. The van der Waals surface area contributed by atoms with E-state index in [2.05, 4.69) is 12.6 Å². The lowest BCUT2D eigenvalue weighted by Crippen LogP contribution is -2.03. The minimum Gasteiger partial charge on any atom is -0.733 e. The molecule has 0 heterocycles. The molecule has 0 N–H and O–H groups in total. The van der Waals surface area contributed by atoms with Gasteiger partial charge in [-0.05, 0) is 6.26 Å². The van der Waals surface area contributed by atoms with Gasteiger partial charge in [-0.15, -0.1) is 0 Å². The van der Waals surface area contributed by atoms with Crippen molar-refractivity contribution in [2.24, 2.45) is 0 Å². The van der Waals surface area contributed by atoms with Crippen molar-refractivity contribution in [1.29, 1.82) is 0 Å². The fourth-order valence-electron chi connectivity index (χ4n) is 0.0833. The molecule has 4 heteroatoms. The lowest BCUT2D eigenvalue weighted by molar-refractivity contribution is -0.126. The summed E-state index contributed by atoms with van der Waals surface area (Å²) in [5.41, 5.74) is 0. The van der Waals surface area contributed by atoms with E-state index in [0.717, 1.165) is 11.8 Å². The summed E-state index contributed by atoms with van der Waals surface area (Å²) in [6.07, 6.45) is 1.52. The summed E-state index contributed by atoms with van der Waals surface area (Å²) in [7, 11) is 0. The third-order valence-corrected chi connectivity index (χ3v) is 1.22. The van der Waals surface area contributed by atoms with Gasteiger partial charge >= 0.3 is 0 Å². The molecule has 0 amide bonds. The molecule has 0 bridgehead atoms. The second-order valence-corrected chi connectivity index (χ2v) is 1.93. The number of rotatable bonds is 1. The van der Waals surface area contributed by atoms with Gasteiger partial charge in [0, 0.05) is 0 Å². The summed E-state index contributed by atoms with van der Waals surface area (Å²) in [5.74, 6) is 0. The molecule has 0 saturated carbocycles. The summed E-state index contributed by atoms with van der Waals surface area (Å²) in [4.78, 5) is 19.8. The second kappa shape index (κ2) is 2.98. The Morgan fingerprint density at radius 2 is 2.00 bits per heavy atom. The fourth-order valence-corrected chi connectivity index (χ4v) is 0.500. The molecule has 0 spiro atoms. The highest BCUT2D eigenvalue weighted by Gasteiger charge is 1.93. The van der Waals surface area contributed by atoms with Crippen LogP contribution in [0.4, 0.5) is 0 Å². The van der Waals surface area contributed by atoms with Crippen LogP contribution in [0.1, 0.15) is 0 Å². The Balaban J connectivity index is 3.58. The van der Waals surface area contributed by atoms with Gasteiger partial charge in [-0.3, -0.25) is 4.79 Å². The van der Waals surface area contributed by atoms with E-state index in [1.807, 2.05) is 0 Å². The van der Waals surface area contributed by atoms with Gasteiger partial charge in [0.15, 0.2) is 0 Å². The van der Waals surface area contributed by atoms with E-state index in [-0.39, 0.29) is 0 Å². The Labute approximate surface area is 51.1 Å². The standard InChI is InChI=1S/C3H4O2S2/c1-7-3(5)2(4)6/h1H3,(H,4,6)/p-1. The summed E-state index contributed by atoms with van der Waals surface area (Å²) >= 11 is 4.83. The first kappa shape index (κ1) is 6.91. The maximum atomic E-state index is 10.0. The van der Waals surface area contributed by atoms with Crippen LogP contribution in [0.25, 0.3) is 0 Å². The van der Waals surface area contributed by atoms with E-state index in [4.69, 9.17) is 0 Å². The lowest BCUT2D eigenvalue weighted by atomic mass is 10.9. The quantitative estimate of drug-likeness (QED) is 0.373. The molecular formula is C3H3O2S2-. The third kappa shape index (κ3) is 2.59. The number of carbonyl (C=O) groups is 2. The molecule has 0 aromatic carbocycles. The Morgan fingerprint density at radius 3 is 2.00 bits per heavy atom. The predicted octanol–water partition coefficient (Wildman–Crippen LogP) is -0.0505. The molecule has 0 aliphatic heterocycles. The first-order valence-electron chi connectivity index (χ1n) is 1.47. The molecule has 0 unspecified atom stereocenters. The molecule has 7 heavy (non-hydrogen) atoms. The summed E-state index contributed by atoms with van der Waals surface area (Å²) in [6, 6.07) is 0. The van der Waals surface area contributed by atoms with Gasteiger partial charge in [0.25, 0.3) is 0 Å². The van der Waals surface area contributed by atoms with Crippen molar-refractivity contribution in [3.05, 3.63) is 0 Å². The van der Waals surface area contributed by atoms with Gasteiger partial charge in [-0.2, -0.15) is 0 Å². The normalized spacial score (nSPS) is 8.14. The van der Waals surface area contributed by atoms with Crippen molar-refractivity contribution in [3.63, 3.8) is 0 Å². The van der Waals surface area contributed by atoms with Gasteiger partial charge in [-0.1, -0.05) is 11.8 Å². The van der Waals surface area contributed by atoms with Gasteiger partial charge in [-0.25, -0.2) is 0 Å². The summed E-state index contributed by atoms with van der Waals surface area (Å²) < 4.78 is 0. The molecule has 0 aliphatic carbocycles. The van der Waals surface area contributed by atoms with Crippen LogP contribution in [-0.4, -0.2) is 16.5 Å². The topological polar surface area (TPSA) is 34.1 Å². The van der Waals surface area contributed by atoms with E-state index < -0.39 is 10.2 Å². The Morgan fingerprint density at radius 1 is 1.57 bits per heavy atom. The van der Waals surface area contributed by atoms with Crippen LogP contribution in [0.2, 0.25) is 0 Å². The molecule has 40 valence electrons. The van der Waals surface area contributed by atoms with Crippen molar-refractivity contribution in [2.75, 3.05) is 6.26 Å². The summed E-state index contributed by atoms with van der Waals surface area (Å²) in [5, 5.41) is -1.36. The summed E-state index contributed by atoms with van der Waals surface area (Å²) in [6.45, 7) is 0. The van der Waals surface area contributed by atoms with E-state index in [9.17, 15) is 9.59 Å². The molecule has 0 fully saturated rings. The lowest BCUT2D eigenvalue weighted by Gasteiger charge is -1.94. The zero-order valence-electron chi connectivity index (χ0n) is 3.63. The highest BCUT2D eigenvalue weighted by atomic mass is 32.2. The van der Waals surface area contributed by atoms with Gasteiger partial charge in [0.1, 0.15) is 0 Å².